The summed E-state index contributed by atoms with van der Waals surface area (Å²) in [5.74, 6) is -0.284. The zero-order valence-corrected chi connectivity index (χ0v) is 11.9. The predicted octanol–water partition coefficient (Wildman–Crippen LogP) is 1.82. The van der Waals surface area contributed by atoms with Gasteiger partial charge in [-0.15, -0.1) is 0 Å². The molecule has 18 heavy (non-hydrogen) atoms. The third-order valence-corrected chi connectivity index (χ3v) is 3.91. The maximum atomic E-state index is 13.0. The minimum absolute atomic E-state index is 0.180. The number of aliphatic hydroxyl groups is 1. The molecule has 0 aliphatic carbocycles. The van der Waals surface area contributed by atoms with Crippen molar-refractivity contribution in [1.29, 1.82) is 0 Å². The van der Waals surface area contributed by atoms with E-state index in [0.29, 0.717) is 17.5 Å². The molecule has 5 heteroatoms. The molecule has 1 aliphatic heterocycles. The Morgan fingerprint density at radius 2 is 2.39 bits per heavy atom. The highest BCUT2D eigenvalue weighted by Gasteiger charge is 2.25. The van der Waals surface area contributed by atoms with Crippen LogP contribution in [-0.2, 0) is 11.2 Å². The first-order valence-electron chi connectivity index (χ1n) is 5.98. The first-order chi connectivity index (χ1) is 8.56. The van der Waals surface area contributed by atoms with E-state index in [-0.39, 0.29) is 11.9 Å². The van der Waals surface area contributed by atoms with Crippen LogP contribution in [0.1, 0.15) is 5.56 Å². The van der Waals surface area contributed by atoms with E-state index in [0.717, 1.165) is 18.7 Å². The normalized spacial score (nSPS) is 23.0. The summed E-state index contributed by atoms with van der Waals surface area (Å²) in [6.45, 7) is 2.26. The summed E-state index contributed by atoms with van der Waals surface area (Å²) in [5, 5.41) is 10.2. The molecule has 1 N–H and O–H groups in total. The van der Waals surface area contributed by atoms with Crippen LogP contribution in [0.4, 0.5) is 4.39 Å². The highest BCUT2D eigenvalue weighted by atomic mass is 79.9. The van der Waals surface area contributed by atoms with Crippen LogP contribution in [-0.4, -0.2) is 49.0 Å². The monoisotopic (exact) mass is 317 g/mol. The minimum atomic E-state index is -0.575. The summed E-state index contributed by atoms with van der Waals surface area (Å²) < 4.78 is 19.2. The van der Waals surface area contributed by atoms with Gasteiger partial charge in [-0.25, -0.2) is 4.39 Å². The van der Waals surface area contributed by atoms with Crippen LogP contribution in [0.2, 0.25) is 0 Å². The standard InChI is InChI=1S/C13H17BrFNO2/c1-16-4-5-18-13(8-16)12(17)6-9-2-3-10(15)7-11(9)14/h2-3,7,12-13,17H,4-6,8H2,1H3. The van der Waals surface area contributed by atoms with E-state index in [1.807, 2.05) is 7.05 Å². The molecule has 0 bridgehead atoms. The first-order valence-corrected chi connectivity index (χ1v) is 6.77. The zero-order chi connectivity index (χ0) is 13.1. The lowest BCUT2D eigenvalue weighted by molar-refractivity contribution is -0.0823. The number of nitrogens with zero attached hydrogens (tertiary/aromatic N) is 1. The third-order valence-electron chi connectivity index (χ3n) is 3.17. The van der Waals surface area contributed by atoms with Gasteiger partial charge in [0.1, 0.15) is 5.82 Å². The van der Waals surface area contributed by atoms with Gasteiger partial charge in [-0.1, -0.05) is 22.0 Å². The van der Waals surface area contributed by atoms with Crippen LogP contribution in [0.25, 0.3) is 0 Å². The number of morpholine rings is 1. The van der Waals surface area contributed by atoms with E-state index in [2.05, 4.69) is 20.8 Å². The van der Waals surface area contributed by atoms with Gasteiger partial charge >= 0.3 is 0 Å². The number of aliphatic hydroxyl groups excluding tert-OH is 1. The Balaban J connectivity index is 1.99. The highest BCUT2D eigenvalue weighted by molar-refractivity contribution is 9.10. The lowest BCUT2D eigenvalue weighted by atomic mass is 10.0. The van der Waals surface area contributed by atoms with Gasteiger partial charge in [0.25, 0.3) is 0 Å². The predicted molar refractivity (Wildman–Crippen MR) is 71.0 cm³/mol. The molecule has 2 rings (SSSR count). The summed E-state index contributed by atoms with van der Waals surface area (Å²) >= 11 is 3.31. The van der Waals surface area contributed by atoms with Gasteiger partial charge in [0.15, 0.2) is 0 Å². The Kier molecular flexibility index (Phi) is 4.72. The molecule has 1 saturated heterocycles. The average Bonchev–Trinajstić information content (AvgIpc) is 2.32. The molecular weight excluding hydrogens is 301 g/mol. The summed E-state index contributed by atoms with van der Waals surface area (Å²) in [6, 6.07) is 4.51. The molecule has 1 aromatic carbocycles. The SMILES string of the molecule is CN1CCOC(C(O)Cc2ccc(F)cc2Br)C1. The van der Waals surface area contributed by atoms with Crippen molar-refractivity contribution < 1.29 is 14.2 Å². The maximum Gasteiger partial charge on any atom is 0.124 e. The molecular formula is C13H17BrFNO2. The second-order valence-electron chi connectivity index (χ2n) is 4.68. The molecule has 2 atom stereocenters. The van der Waals surface area contributed by atoms with Crippen LogP contribution in [0.5, 0.6) is 0 Å². The summed E-state index contributed by atoms with van der Waals surface area (Å²) in [5.41, 5.74) is 0.890. The Bertz CT molecular complexity index is 416. The molecule has 3 nitrogen and oxygen atoms in total. The van der Waals surface area contributed by atoms with Crippen LogP contribution >= 0.6 is 15.9 Å². The van der Waals surface area contributed by atoms with E-state index in [9.17, 15) is 9.50 Å². The van der Waals surface area contributed by atoms with E-state index in [1.54, 1.807) is 6.07 Å². The number of benzene rings is 1. The van der Waals surface area contributed by atoms with Crippen molar-refractivity contribution >= 4 is 15.9 Å². The molecule has 0 spiro atoms. The van der Waals surface area contributed by atoms with Crippen molar-refractivity contribution in [3.63, 3.8) is 0 Å². The van der Waals surface area contributed by atoms with Crippen molar-refractivity contribution in [2.75, 3.05) is 26.7 Å². The van der Waals surface area contributed by atoms with Crippen molar-refractivity contribution in [2.24, 2.45) is 0 Å². The van der Waals surface area contributed by atoms with Gasteiger partial charge < -0.3 is 14.7 Å². The zero-order valence-electron chi connectivity index (χ0n) is 10.3. The van der Waals surface area contributed by atoms with Crippen LogP contribution in [0.15, 0.2) is 22.7 Å². The van der Waals surface area contributed by atoms with E-state index < -0.39 is 6.10 Å². The van der Waals surface area contributed by atoms with Crippen molar-refractivity contribution in [3.8, 4) is 0 Å². The second-order valence-corrected chi connectivity index (χ2v) is 5.53. The lowest BCUT2D eigenvalue weighted by Crippen LogP contribution is -2.46. The fourth-order valence-electron chi connectivity index (χ4n) is 2.09. The van der Waals surface area contributed by atoms with Gasteiger partial charge in [-0.05, 0) is 24.7 Å². The van der Waals surface area contributed by atoms with Crippen molar-refractivity contribution in [2.45, 2.75) is 18.6 Å². The van der Waals surface area contributed by atoms with Gasteiger partial charge in [-0.3, -0.25) is 0 Å². The Morgan fingerprint density at radius 3 is 3.06 bits per heavy atom. The quantitative estimate of drug-likeness (QED) is 0.923. The molecule has 0 radical (unpaired) electrons. The molecule has 1 aliphatic rings. The molecule has 100 valence electrons. The maximum absolute atomic E-state index is 13.0. The number of rotatable bonds is 3. The number of likely N-dealkylation sites (N-methyl/N-ethyl adjacent to an activating group) is 1. The Hall–Kier alpha value is -0.490. The summed E-state index contributed by atoms with van der Waals surface area (Å²) in [7, 11) is 2.01. The Labute approximate surface area is 115 Å². The molecule has 0 amide bonds. The second kappa shape index (κ2) is 6.10. The highest BCUT2D eigenvalue weighted by Crippen LogP contribution is 2.21. The number of halogens is 2. The fourth-order valence-corrected chi connectivity index (χ4v) is 2.60. The molecule has 1 heterocycles. The van der Waals surface area contributed by atoms with Crippen LogP contribution in [0.3, 0.4) is 0 Å². The molecule has 1 aromatic rings. The average molecular weight is 318 g/mol. The number of ether oxygens (including phenoxy) is 1. The van der Waals surface area contributed by atoms with Gasteiger partial charge in [-0.2, -0.15) is 0 Å². The van der Waals surface area contributed by atoms with E-state index in [4.69, 9.17) is 4.74 Å². The number of hydrogen-bond donors (Lipinski definition) is 1. The number of hydrogen-bond acceptors (Lipinski definition) is 3. The van der Waals surface area contributed by atoms with Gasteiger partial charge in [0.2, 0.25) is 0 Å². The molecule has 2 unspecified atom stereocenters. The van der Waals surface area contributed by atoms with Gasteiger partial charge in [0, 0.05) is 24.0 Å². The van der Waals surface area contributed by atoms with Crippen molar-refractivity contribution in [3.05, 3.63) is 34.1 Å². The summed E-state index contributed by atoms with van der Waals surface area (Å²) in [4.78, 5) is 2.14. The molecule has 1 fully saturated rings. The fraction of sp³-hybridized carbons (Fsp3) is 0.538. The third kappa shape index (κ3) is 3.51. The van der Waals surface area contributed by atoms with Crippen LogP contribution in [0, 0.1) is 5.82 Å². The smallest absolute Gasteiger partial charge is 0.124 e. The van der Waals surface area contributed by atoms with Crippen LogP contribution < -0.4 is 0 Å². The first kappa shape index (κ1) is 13.9. The van der Waals surface area contributed by atoms with E-state index >= 15 is 0 Å². The largest absolute Gasteiger partial charge is 0.390 e. The Morgan fingerprint density at radius 1 is 1.61 bits per heavy atom. The lowest BCUT2D eigenvalue weighted by Gasteiger charge is -2.33. The van der Waals surface area contributed by atoms with E-state index in [1.165, 1.54) is 12.1 Å². The minimum Gasteiger partial charge on any atom is -0.390 e. The molecule has 0 saturated carbocycles. The molecule has 0 aromatic heterocycles. The summed E-state index contributed by atoms with van der Waals surface area (Å²) in [6.07, 6.45) is -0.297. The topological polar surface area (TPSA) is 32.7 Å². The van der Waals surface area contributed by atoms with Gasteiger partial charge in [0.05, 0.1) is 18.8 Å². The van der Waals surface area contributed by atoms with Crippen molar-refractivity contribution in [1.82, 2.24) is 4.90 Å².